The normalized spacial score (nSPS) is 29.2. The number of rotatable bonds is 4. The molecule has 1 aliphatic carbocycles. The second-order valence-electron chi connectivity index (χ2n) is 7.95. The Morgan fingerprint density at radius 3 is 2.52 bits per heavy atom. The third kappa shape index (κ3) is 3.29. The van der Waals surface area contributed by atoms with Gasteiger partial charge in [0.25, 0.3) is 0 Å². The second kappa shape index (κ2) is 6.91. The number of likely N-dealkylation sites (tertiary alicyclic amines) is 1. The van der Waals surface area contributed by atoms with E-state index in [1.807, 2.05) is 30.3 Å². The molecule has 27 heavy (non-hydrogen) atoms. The SMILES string of the molecule is C[C@@]1(C[C@@H]2CC(=O)N(C3CCCCC3)C2=O)N=C(c2ccccc2)OC1=O. The van der Waals surface area contributed by atoms with E-state index in [9.17, 15) is 14.4 Å². The van der Waals surface area contributed by atoms with Crippen molar-refractivity contribution in [2.24, 2.45) is 10.9 Å². The Balaban J connectivity index is 1.51. The van der Waals surface area contributed by atoms with Gasteiger partial charge in [-0.3, -0.25) is 14.5 Å². The number of benzene rings is 1. The molecule has 1 saturated heterocycles. The van der Waals surface area contributed by atoms with Crippen LogP contribution >= 0.6 is 0 Å². The topological polar surface area (TPSA) is 76.0 Å². The summed E-state index contributed by atoms with van der Waals surface area (Å²) in [4.78, 5) is 43.9. The molecule has 1 aromatic carbocycles. The van der Waals surface area contributed by atoms with E-state index in [1.165, 1.54) is 4.90 Å². The van der Waals surface area contributed by atoms with E-state index in [0.717, 1.165) is 37.7 Å². The first-order chi connectivity index (χ1) is 13.0. The number of esters is 1. The Bertz CT molecular complexity index is 798. The minimum atomic E-state index is -1.13. The van der Waals surface area contributed by atoms with Crippen LogP contribution in [0.4, 0.5) is 0 Å². The number of hydrogen-bond acceptors (Lipinski definition) is 5. The molecule has 0 radical (unpaired) electrons. The maximum absolute atomic E-state index is 12.9. The molecule has 1 aromatic rings. The average molecular weight is 368 g/mol. The van der Waals surface area contributed by atoms with Crippen LogP contribution in [0.3, 0.4) is 0 Å². The van der Waals surface area contributed by atoms with Crippen LogP contribution in [-0.4, -0.2) is 40.2 Å². The Morgan fingerprint density at radius 1 is 1.11 bits per heavy atom. The highest BCUT2D eigenvalue weighted by Gasteiger charge is 2.50. The number of imide groups is 1. The molecule has 0 unspecified atom stereocenters. The fourth-order valence-electron chi connectivity index (χ4n) is 4.40. The number of aliphatic imine (C=N–C) groups is 1. The van der Waals surface area contributed by atoms with Gasteiger partial charge < -0.3 is 4.74 Å². The molecule has 2 aliphatic heterocycles. The first-order valence-corrected chi connectivity index (χ1v) is 9.71. The number of carbonyl (C=O) groups is 3. The highest BCUT2D eigenvalue weighted by Crippen LogP contribution is 2.36. The van der Waals surface area contributed by atoms with Crippen molar-refractivity contribution >= 4 is 23.7 Å². The predicted octanol–water partition coefficient (Wildman–Crippen LogP) is 2.85. The first kappa shape index (κ1) is 17.9. The van der Waals surface area contributed by atoms with Crippen LogP contribution in [0, 0.1) is 5.92 Å². The van der Waals surface area contributed by atoms with Crippen LogP contribution in [0.5, 0.6) is 0 Å². The van der Waals surface area contributed by atoms with Gasteiger partial charge in [-0.1, -0.05) is 37.5 Å². The number of amides is 2. The lowest BCUT2D eigenvalue weighted by Crippen LogP contribution is -2.42. The zero-order valence-corrected chi connectivity index (χ0v) is 15.5. The third-order valence-electron chi connectivity index (χ3n) is 5.86. The maximum Gasteiger partial charge on any atom is 0.340 e. The van der Waals surface area contributed by atoms with Gasteiger partial charge in [0.05, 0.1) is 5.92 Å². The number of carbonyl (C=O) groups excluding carboxylic acids is 3. The van der Waals surface area contributed by atoms with E-state index in [2.05, 4.69) is 4.99 Å². The number of ether oxygens (including phenoxy) is 1. The van der Waals surface area contributed by atoms with E-state index in [4.69, 9.17) is 4.74 Å². The van der Waals surface area contributed by atoms with Gasteiger partial charge >= 0.3 is 5.97 Å². The summed E-state index contributed by atoms with van der Waals surface area (Å²) in [5, 5.41) is 0. The van der Waals surface area contributed by atoms with E-state index >= 15 is 0 Å². The first-order valence-electron chi connectivity index (χ1n) is 9.71. The molecule has 0 spiro atoms. The molecule has 2 fully saturated rings. The van der Waals surface area contributed by atoms with Crippen LogP contribution in [0.15, 0.2) is 35.3 Å². The smallest absolute Gasteiger partial charge is 0.340 e. The summed E-state index contributed by atoms with van der Waals surface area (Å²) >= 11 is 0. The molecule has 6 heteroatoms. The molecule has 142 valence electrons. The van der Waals surface area contributed by atoms with Crippen LogP contribution < -0.4 is 0 Å². The van der Waals surface area contributed by atoms with Crippen molar-refractivity contribution in [1.29, 1.82) is 0 Å². The highest BCUT2D eigenvalue weighted by molar-refractivity contribution is 6.08. The number of cyclic esters (lactones) is 1. The molecular weight excluding hydrogens is 344 g/mol. The fourth-order valence-corrected chi connectivity index (χ4v) is 4.40. The Morgan fingerprint density at radius 2 is 1.81 bits per heavy atom. The molecule has 2 heterocycles. The average Bonchev–Trinajstić information content (AvgIpc) is 3.12. The monoisotopic (exact) mass is 368 g/mol. The molecule has 0 N–H and O–H groups in total. The zero-order chi connectivity index (χ0) is 19.0. The van der Waals surface area contributed by atoms with Gasteiger partial charge in [-0.15, -0.1) is 0 Å². The summed E-state index contributed by atoms with van der Waals surface area (Å²) < 4.78 is 5.38. The van der Waals surface area contributed by atoms with Crippen molar-refractivity contribution in [1.82, 2.24) is 4.90 Å². The van der Waals surface area contributed by atoms with Gasteiger partial charge in [0.15, 0.2) is 5.54 Å². The van der Waals surface area contributed by atoms with Gasteiger partial charge in [0.1, 0.15) is 0 Å². The summed E-state index contributed by atoms with van der Waals surface area (Å²) in [5.74, 6) is -0.944. The van der Waals surface area contributed by atoms with Crippen molar-refractivity contribution in [2.45, 2.75) is 63.5 Å². The minimum Gasteiger partial charge on any atom is -0.405 e. The van der Waals surface area contributed by atoms with Crippen molar-refractivity contribution in [3.8, 4) is 0 Å². The molecule has 0 bridgehead atoms. The Hall–Kier alpha value is -2.50. The maximum atomic E-state index is 12.9. The van der Waals surface area contributed by atoms with Crippen molar-refractivity contribution in [2.75, 3.05) is 0 Å². The number of hydrogen-bond donors (Lipinski definition) is 0. The quantitative estimate of drug-likeness (QED) is 0.605. The minimum absolute atomic E-state index is 0.0236. The van der Waals surface area contributed by atoms with Crippen molar-refractivity contribution in [3.63, 3.8) is 0 Å². The summed E-state index contributed by atoms with van der Waals surface area (Å²) in [7, 11) is 0. The molecule has 2 atom stereocenters. The van der Waals surface area contributed by atoms with Crippen molar-refractivity contribution in [3.05, 3.63) is 35.9 Å². The summed E-state index contributed by atoms with van der Waals surface area (Å²) in [6.45, 7) is 1.69. The van der Waals surface area contributed by atoms with Gasteiger partial charge in [-0.25, -0.2) is 9.79 Å². The van der Waals surface area contributed by atoms with E-state index < -0.39 is 17.4 Å². The lowest BCUT2D eigenvalue weighted by atomic mass is 9.88. The van der Waals surface area contributed by atoms with Crippen LogP contribution in [0.1, 0.15) is 57.4 Å². The molecular formula is C21H24N2O4. The molecule has 3 aliphatic rings. The Kier molecular flexibility index (Phi) is 4.58. The second-order valence-corrected chi connectivity index (χ2v) is 7.95. The molecule has 0 aromatic heterocycles. The summed E-state index contributed by atoms with van der Waals surface area (Å²) in [5.41, 5.74) is -0.402. The standard InChI is InChI=1S/C21H24N2O4/c1-21(20(26)27-18(22-21)14-8-4-2-5-9-14)13-15-12-17(24)23(19(15)25)16-10-6-3-7-11-16/h2,4-5,8-9,15-16H,3,6-7,10-13H2,1H3/t15-,21-/m0/s1. The zero-order valence-electron chi connectivity index (χ0n) is 15.5. The van der Waals surface area contributed by atoms with Crippen LogP contribution in [-0.2, 0) is 19.1 Å². The summed E-state index contributed by atoms with van der Waals surface area (Å²) in [6.07, 6.45) is 5.42. The van der Waals surface area contributed by atoms with Crippen LogP contribution in [0.2, 0.25) is 0 Å². The van der Waals surface area contributed by atoms with Gasteiger partial charge in [0, 0.05) is 18.0 Å². The predicted molar refractivity (Wildman–Crippen MR) is 98.9 cm³/mol. The molecule has 6 nitrogen and oxygen atoms in total. The van der Waals surface area contributed by atoms with Crippen LogP contribution in [0.25, 0.3) is 0 Å². The van der Waals surface area contributed by atoms with Gasteiger partial charge in [-0.2, -0.15) is 0 Å². The van der Waals surface area contributed by atoms with E-state index in [-0.39, 0.29) is 36.6 Å². The summed E-state index contributed by atoms with van der Waals surface area (Å²) in [6, 6.07) is 9.25. The van der Waals surface area contributed by atoms with E-state index in [1.54, 1.807) is 6.92 Å². The number of nitrogens with zero attached hydrogens (tertiary/aromatic N) is 2. The molecule has 2 amide bonds. The van der Waals surface area contributed by atoms with Gasteiger partial charge in [-0.05, 0) is 38.3 Å². The van der Waals surface area contributed by atoms with Crippen molar-refractivity contribution < 1.29 is 19.1 Å². The lowest BCUT2D eigenvalue weighted by molar-refractivity contribution is -0.143. The molecule has 1 saturated carbocycles. The third-order valence-corrected chi connectivity index (χ3v) is 5.86. The fraction of sp³-hybridized carbons (Fsp3) is 0.524. The van der Waals surface area contributed by atoms with E-state index in [0.29, 0.717) is 0 Å². The molecule has 4 rings (SSSR count). The lowest BCUT2D eigenvalue weighted by Gasteiger charge is -2.30. The Labute approximate surface area is 158 Å². The largest absolute Gasteiger partial charge is 0.405 e. The highest BCUT2D eigenvalue weighted by atomic mass is 16.6. The van der Waals surface area contributed by atoms with Gasteiger partial charge in [0.2, 0.25) is 17.7 Å².